The summed E-state index contributed by atoms with van der Waals surface area (Å²) in [7, 11) is 0. The summed E-state index contributed by atoms with van der Waals surface area (Å²) in [6, 6.07) is 54.4. The van der Waals surface area contributed by atoms with Gasteiger partial charge in [-0.3, -0.25) is 0 Å². The van der Waals surface area contributed by atoms with Gasteiger partial charge in [-0.1, -0.05) is 133 Å². The minimum atomic E-state index is -0.159. The molecule has 9 aromatic carbocycles. The van der Waals surface area contributed by atoms with Crippen LogP contribution in [0.5, 0.6) is 0 Å². The van der Waals surface area contributed by atoms with E-state index >= 15 is 0 Å². The number of para-hydroxylation sites is 3. The average Bonchev–Trinajstić information content (AvgIpc) is 3.96. The predicted molar refractivity (Wildman–Crippen MR) is 272 cm³/mol. The number of hydrogen-bond donors (Lipinski definition) is 0. The van der Waals surface area contributed by atoms with E-state index < -0.39 is 0 Å². The second kappa shape index (κ2) is 12.1. The molecule has 306 valence electrons. The van der Waals surface area contributed by atoms with Gasteiger partial charge in [0.05, 0.1) is 5.39 Å². The number of nitrogens with zero attached hydrogens (tertiary/aromatic N) is 2. The molecule has 12 aromatic rings. The zero-order valence-corrected chi connectivity index (χ0v) is 37.1. The summed E-state index contributed by atoms with van der Waals surface area (Å²) in [5, 5.41) is 11.9. The minimum Gasteiger partial charge on any atom is -0.456 e. The molecule has 0 atom stereocenters. The van der Waals surface area contributed by atoms with Crippen molar-refractivity contribution in [2.45, 2.75) is 59.3 Å². The van der Waals surface area contributed by atoms with Gasteiger partial charge < -0.3 is 18.2 Å². The first-order chi connectivity index (χ1) is 30.9. The lowest BCUT2D eigenvalue weighted by Gasteiger charge is -2.42. The number of rotatable bonds is 1. The van der Waals surface area contributed by atoms with Crippen molar-refractivity contribution < 1.29 is 8.83 Å². The largest absolute Gasteiger partial charge is 0.456 e. The molecule has 0 unspecified atom stereocenters. The van der Waals surface area contributed by atoms with Crippen molar-refractivity contribution in [3.63, 3.8) is 0 Å². The van der Waals surface area contributed by atoms with Crippen LogP contribution >= 0.6 is 0 Å². The van der Waals surface area contributed by atoms with E-state index in [-0.39, 0.29) is 17.7 Å². The van der Waals surface area contributed by atoms with E-state index in [2.05, 4.69) is 203 Å². The number of aryl methyl sites for hydroxylation is 1. The molecule has 0 saturated carbocycles. The van der Waals surface area contributed by atoms with Crippen LogP contribution in [0.3, 0.4) is 0 Å². The maximum Gasteiger partial charge on any atom is 0.333 e. The Labute approximate surface area is 371 Å². The van der Waals surface area contributed by atoms with Gasteiger partial charge in [0.1, 0.15) is 22.3 Å². The molecule has 5 heterocycles. The molecule has 0 saturated heterocycles. The van der Waals surface area contributed by atoms with Crippen molar-refractivity contribution in [3.8, 4) is 11.1 Å². The summed E-state index contributed by atoms with van der Waals surface area (Å²) in [4.78, 5) is 2.62. The van der Waals surface area contributed by atoms with Gasteiger partial charge in [0.2, 0.25) is 0 Å². The monoisotopic (exact) mass is 824 g/mol. The minimum absolute atomic E-state index is 0.0794. The van der Waals surface area contributed by atoms with Crippen molar-refractivity contribution in [2.75, 3.05) is 4.90 Å². The van der Waals surface area contributed by atoms with Gasteiger partial charge in [-0.05, 0) is 121 Å². The lowest BCUT2D eigenvalue weighted by atomic mass is 9.44. The Morgan fingerprint density at radius 1 is 0.516 bits per heavy atom. The molecular formula is C59H45BN2O2. The molecule has 2 aliphatic rings. The van der Waals surface area contributed by atoms with Gasteiger partial charge in [0.25, 0.3) is 0 Å². The highest BCUT2D eigenvalue weighted by molar-refractivity contribution is 6.90. The van der Waals surface area contributed by atoms with E-state index in [0.29, 0.717) is 0 Å². The molecular weight excluding hydrogens is 779 g/mol. The Morgan fingerprint density at radius 3 is 1.89 bits per heavy atom. The maximum atomic E-state index is 7.03. The fourth-order valence-electron chi connectivity index (χ4n) is 11.7. The van der Waals surface area contributed by atoms with Gasteiger partial charge in [-0.15, -0.1) is 0 Å². The van der Waals surface area contributed by atoms with Gasteiger partial charge in [-0.2, -0.15) is 0 Å². The van der Waals surface area contributed by atoms with E-state index in [1.165, 1.54) is 88.1 Å². The van der Waals surface area contributed by atoms with E-state index in [9.17, 15) is 0 Å². The third-order valence-electron chi connectivity index (χ3n) is 14.7. The standard InChI is InChI=1S/C59H45BN2O2/c1-32-42-25-34-17-9-8-16-33(34)24-35(42)26-45-55(32)61(38-28-36(58(2,3)4)27-37(29-38)59(5,6)7)47-31-50-51(41-20-12-15-23-49(41)63-50)52-44-30-43-39-18-11-14-22-48(39)64-57(43)53-40-19-10-13-21-46(40)62(56(44)53)60(45)54(47)52/h8-31H,1-7H3. The van der Waals surface area contributed by atoms with Gasteiger partial charge >= 0.3 is 6.85 Å². The zero-order chi connectivity index (χ0) is 43.1. The number of anilines is 3. The van der Waals surface area contributed by atoms with Crippen LogP contribution in [0.15, 0.2) is 154 Å². The Bertz CT molecular complexity index is 4040. The maximum absolute atomic E-state index is 7.03. The molecule has 0 bridgehead atoms. The average molecular weight is 825 g/mol. The molecule has 0 fully saturated rings. The second-order valence-electron chi connectivity index (χ2n) is 20.5. The van der Waals surface area contributed by atoms with Gasteiger partial charge in [0, 0.05) is 66.7 Å². The van der Waals surface area contributed by atoms with Crippen molar-refractivity contribution >= 4 is 122 Å². The smallest absolute Gasteiger partial charge is 0.333 e. The van der Waals surface area contributed by atoms with Crippen LogP contribution in [0.4, 0.5) is 17.1 Å². The third kappa shape index (κ3) is 4.64. The highest BCUT2D eigenvalue weighted by Crippen LogP contribution is 2.53. The molecule has 2 aliphatic heterocycles. The quantitative estimate of drug-likeness (QED) is 0.122. The van der Waals surface area contributed by atoms with Crippen LogP contribution in [0.1, 0.15) is 58.2 Å². The lowest BCUT2D eigenvalue weighted by molar-refractivity contribution is 0.569. The van der Waals surface area contributed by atoms with Gasteiger partial charge in [0.15, 0.2) is 0 Å². The molecule has 0 amide bonds. The summed E-state index contributed by atoms with van der Waals surface area (Å²) in [6.07, 6.45) is 0. The zero-order valence-electron chi connectivity index (χ0n) is 37.1. The second-order valence-corrected chi connectivity index (χ2v) is 20.5. The van der Waals surface area contributed by atoms with Crippen molar-refractivity contribution in [2.24, 2.45) is 0 Å². The van der Waals surface area contributed by atoms with Crippen molar-refractivity contribution in [3.05, 3.63) is 162 Å². The number of benzene rings is 9. The lowest BCUT2D eigenvalue weighted by Crippen LogP contribution is -2.57. The number of fused-ring (bicyclic) bond motifs is 17. The third-order valence-corrected chi connectivity index (χ3v) is 14.7. The van der Waals surface area contributed by atoms with E-state index in [0.717, 1.165) is 55.0 Å². The molecule has 14 rings (SSSR count). The topological polar surface area (TPSA) is 34.5 Å². The Hall–Kier alpha value is -7.24. The molecule has 0 radical (unpaired) electrons. The summed E-state index contributed by atoms with van der Waals surface area (Å²) in [5.74, 6) is 0. The first-order valence-electron chi connectivity index (χ1n) is 22.7. The summed E-state index contributed by atoms with van der Waals surface area (Å²) in [5.41, 5.74) is 18.4. The number of aromatic nitrogens is 1. The molecule has 64 heavy (non-hydrogen) atoms. The van der Waals surface area contributed by atoms with Crippen LogP contribution in [-0.4, -0.2) is 11.3 Å². The fourth-order valence-corrected chi connectivity index (χ4v) is 11.7. The van der Waals surface area contributed by atoms with Crippen LogP contribution < -0.4 is 15.8 Å². The van der Waals surface area contributed by atoms with Gasteiger partial charge in [-0.25, -0.2) is 0 Å². The molecule has 0 aliphatic carbocycles. The molecule has 4 nitrogen and oxygen atoms in total. The number of hydrogen-bond acceptors (Lipinski definition) is 3. The molecule has 3 aromatic heterocycles. The predicted octanol–water partition coefficient (Wildman–Crippen LogP) is 15.2. The van der Waals surface area contributed by atoms with Crippen molar-refractivity contribution in [1.82, 2.24) is 4.48 Å². The van der Waals surface area contributed by atoms with E-state index in [1.54, 1.807) is 0 Å². The molecule has 5 heteroatoms. The van der Waals surface area contributed by atoms with Crippen LogP contribution in [0.25, 0.3) is 98.4 Å². The summed E-state index contributed by atoms with van der Waals surface area (Å²) >= 11 is 0. The SMILES string of the molecule is Cc1c2c(cc3cc4ccccc4cc13)B1c3c(cc4oc5ccccc5c4c3-c3cc4c5ccccc5oc4c4c5ccccc5n1c34)N2c1cc(C(C)(C)C)cc(C(C)(C)C)c1. The first kappa shape index (κ1) is 36.3. The first-order valence-corrected chi connectivity index (χ1v) is 22.7. The van der Waals surface area contributed by atoms with E-state index in [1.807, 2.05) is 0 Å². The highest BCUT2D eigenvalue weighted by Gasteiger charge is 2.46. The van der Waals surface area contributed by atoms with Crippen LogP contribution in [0, 0.1) is 6.92 Å². The highest BCUT2D eigenvalue weighted by atomic mass is 16.3. The van der Waals surface area contributed by atoms with E-state index in [4.69, 9.17) is 8.83 Å². The molecule has 0 N–H and O–H groups in total. The number of furan rings is 2. The molecule has 0 spiro atoms. The Balaban J connectivity index is 1.25. The Morgan fingerprint density at radius 2 is 1.16 bits per heavy atom. The van der Waals surface area contributed by atoms with Crippen LogP contribution in [0.2, 0.25) is 0 Å². The summed E-state index contributed by atoms with van der Waals surface area (Å²) in [6.45, 7) is 16.2. The fraction of sp³-hybridized carbons (Fsp3) is 0.153. The van der Waals surface area contributed by atoms with Crippen molar-refractivity contribution in [1.29, 1.82) is 0 Å². The van der Waals surface area contributed by atoms with Crippen LogP contribution in [-0.2, 0) is 10.8 Å². The summed E-state index contributed by atoms with van der Waals surface area (Å²) < 4.78 is 16.6. The Kier molecular flexibility index (Phi) is 6.83. The normalized spacial score (nSPS) is 13.8.